The number of hydrogen-bond acceptors (Lipinski definition) is 8. The number of nitrogens with zero attached hydrogens (tertiary/aromatic N) is 4. The van der Waals surface area contributed by atoms with Crippen molar-refractivity contribution < 1.29 is 18.7 Å². The van der Waals surface area contributed by atoms with Gasteiger partial charge in [-0.25, -0.2) is 14.9 Å². The lowest BCUT2D eigenvalue weighted by Crippen LogP contribution is -2.29. The van der Waals surface area contributed by atoms with Gasteiger partial charge in [0.1, 0.15) is 17.6 Å². The van der Waals surface area contributed by atoms with Crippen LogP contribution >= 0.6 is 11.3 Å². The molecule has 0 fully saturated rings. The topological polar surface area (TPSA) is 88.2 Å². The van der Waals surface area contributed by atoms with Crippen LogP contribution in [0.3, 0.4) is 0 Å². The maximum absolute atomic E-state index is 13.0. The highest BCUT2D eigenvalue weighted by molar-refractivity contribution is 7.14. The van der Waals surface area contributed by atoms with Gasteiger partial charge in [-0.1, -0.05) is 24.3 Å². The third-order valence-corrected chi connectivity index (χ3v) is 7.92. The van der Waals surface area contributed by atoms with Crippen molar-refractivity contribution in [1.29, 1.82) is 0 Å². The molecule has 1 unspecified atom stereocenters. The maximum Gasteiger partial charge on any atom is 0.266 e. The second-order valence-electron chi connectivity index (χ2n) is 9.41. The fourth-order valence-electron chi connectivity index (χ4n) is 5.08. The first-order valence-electron chi connectivity index (χ1n) is 12.7. The molecule has 7 rings (SSSR count). The number of aromatic nitrogens is 1. The Balaban J connectivity index is 1.21. The first-order valence-corrected chi connectivity index (χ1v) is 13.6. The lowest BCUT2D eigenvalue weighted by molar-refractivity contribution is 0.0926. The van der Waals surface area contributed by atoms with E-state index in [4.69, 9.17) is 19.2 Å². The number of hydrogen-bond donors (Lipinski definition) is 0. The number of fused-ring (bicyclic) bond motifs is 1. The van der Waals surface area contributed by atoms with Crippen LogP contribution < -0.4 is 14.6 Å². The summed E-state index contributed by atoms with van der Waals surface area (Å²) < 4.78 is 11.1. The molecular formula is C31H22N4O4S. The molecule has 9 heteroatoms. The van der Waals surface area contributed by atoms with Gasteiger partial charge in [-0.3, -0.25) is 9.59 Å². The number of ether oxygens (including phenoxy) is 1. The minimum Gasteiger partial charge on any atom is -0.497 e. The molecule has 196 valence electrons. The Bertz CT molecular complexity index is 1740. The number of hydrazone groups is 1. The summed E-state index contributed by atoms with van der Waals surface area (Å²) in [4.78, 5) is 32.2. The van der Waals surface area contributed by atoms with E-state index in [0.29, 0.717) is 28.4 Å². The molecule has 5 aromatic rings. The quantitative estimate of drug-likeness (QED) is 0.224. The smallest absolute Gasteiger partial charge is 0.266 e. The number of rotatable bonds is 6. The maximum atomic E-state index is 13.0. The molecule has 0 saturated heterocycles. The lowest BCUT2D eigenvalue weighted by Gasteiger charge is -2.18. The Hall–Kier alpha value is -5.02. The van der Waals surface area contributed by atoms with Crippen LogP contribution in [0.25, 0.3) is 11.3 Å². The largest absolute Gasteiger partial charge is 0.497 e. The summed E-state index contributed by atoms with van der Waals surface area (Å²) >= 11 is 1.47. The molecule has 2 aliphatic rings. The summed E-state index contributed by atoms with van der Waals surface area (Å²) in [6.45, 7) is 0. The molecule has 3 aromatic carbocycles. The highest BCUT2D eigenvalue weighted by Gasteiger charge is 2.37. The van der Waals surface area contributed by atoms with Crippen LogP contribution in [0.4, 0.5) is 10.8 Å². The summed E-state index contributed by atoms with van der Waals surface area (Å²) in [5.41, 5.74) is 4.79. The van der Waals surface area contributed by atoms with Crippen molar-refractivity contribution in [2.24, 2.45) is 5.10 Å². The number of carbonyl (C=O) groups is 2. The predicted molar refractivity (Wildman–Crippen MR) is 153 cm³/mol. The monoisotopic (exact) mass is 546 g/mol. The molecule has 2 amide bonds. The minimum absolute atomic E-state index is 0.143. The first-order chi connectivity index (χ1) is 19.6. The number of methoxy groups -OCH3 is 1. The van der Waals surface area contributed by atoms with Crippen molar-refractivity contribution in [3.63, 3.8) is 0 Å². The number of thiazole rings is 1. The Labute approximate surface area is 233 Å². The number of benzene rings is 3. The van der Waals surface area contributed by atoms with E-state index < -0.39 is 0 Å². The molecule has 4 heterocycles. The molecule has 40 heavy (non-hydrogen) atoms. The summed E-state index contributed by atoms with van der Waals surface area (Å²) in [6.07, 6.45) is 2.32. The van der Waals surface area contributed by atoms with Gasteiger partial charge in [0.15, 0.2) is 0 Å². The fourth-order valence-corrected chi connectivity index (χ4v) is 5.91. The lowest BCUT2D eigenvalue weighted by atomic mass is 10.0. The van der Waals surface area contributed by atoms with Crippen molar-refractivity contribution in [3.8, 4) is 17.0 Å². The van der Waals surface area contributed by atoms with Crippen molar-refractivity contribution >= 4 is 39.7 Å². The van der Waals surface area contributed by atoms with Gasteiger partial charge in [-0.2, -0.15) is 5.10 Å². The van der Waals surface area contributed by atoms with E-state index in [1.165, 1.54) is 16.2 Å². The van der Waals surface area contributed by atoms with E-state index in [0.717, 1.165) is 34.0 Å². The third-order valence-electron chi connectivity index (χ3n) is 7.09. The number of carbonyl (C=O) groups excluding carboxylic acids is 2. The molecule has 0 aliphatic carbocycles. The Morgan fingerprint density at radius 3 is 2.38 bits per heavy atom. The highest BCUT2D eigenvalue weighted by Crippen LogP contribution is 2.40. The Morgan fingerprint density at radius 2 is 1.68 bits per heavy atom. The molecule has 0 bridgehead atoms. The zero-order valence-electron chi connectivity index (χ0n) is 21.4. The Kier molecular flexibility index (Phi) is 5.78. The SMILES string of the molecule is COc1ccc(C2=NN(c3nc(-c4cccc(N5C(=O)c6ccccc6C5=O)c4)cs3)C(c3ccco3)C2)cc1. The van der Waals surface area contributed by atoms with E-state index in [-0.39, 0.29) is 17.9 Å². The van der Waals surface area contributed by atoms with E-state index in [1.54, 1.807) is 43.7 Å². The van der Waals surface area contributed by atoms with E-state index >= 15 is 0 Å². The van der Waals surface area contributed by atoms with Gasteiger partial charge in [0.25, 0.3) is 11.8 Å². The van der Waals surface area contributed by atoms with Crippen LogP contribution in [0.2, 0.25) is 0 Å². The number of furan rings is 1. The normalized spacial score (nSPS) is 16.4. The minimum atomic E-state index is -0.324. The summed E-state index contributed by atoms with van der Waals surface area (Å²) in [5, 5.41) is 9.52. The molecule has 0 radical (unpaired) electrons. The van der Waals surface area contributed by atoms with Crippen LogP contribution in [-0.4, -0.2) is 29.6 Å². The van der Waals surface area contributed by atoms with Crippen molar-refractivity contribution in [3.05, 3.63) is 119 Å². The predicted octanol–water partition coefficient (Wildman–Crippen LogP) is 6.57. The fraction of sp³-hybridized carbons (Fsp3) is 0.0968. The Morgan fingerprint density at radius 1 is 0.900 bits per heavy atom. The van der Waals surface area contributed by atoms with Crippen LogP contribution in [0, 0.1) is 0 Å². The van der Waals surface area contributed by atoms with Gasteiger partial charge in [0, 0.05) is 17.4 Å². The molecule has 0 saturated carbocycles. The molecule has 1 atom stereocenters. The van der Waals surface area contributed by atoms with Crippen LogP contribution in [0.5, 0.6) is 5.75 Å². The van der Waals surface area contributed by atoms with Gasteiger partial charge >= 0.3 is 0 Å². The standard InChI is InChI=1S/C31H22N4O4S/c1-38-22-13-11-19(12-14-22)25-17-27(28-10-5-15-39-28)35(33-25)31-32-26(18-40-31)20-6-4-7-21(16-20)34-29(36)23-8-2-3-9-24(23)30(34)37/h2-16,18,27H,17H2,1H3. The van der Waals surface area contributed by atoms with Crippen LogP contribution in [0.15, 0.2) is 106 Å². The van der Waals surface area contributed by atoms with E-state index in [2.05, 4.69) is 0 Å². The molecular weight excluding hydrogens is 524 g/mol. The number of amides is 2. The summed E-state index contributed by atoms with van der Waals surface area (Å²) in [7, 11) is 1.65. The van der Waals surface area contributed by atoms with Gasteiger partial charge in [-0.05, 0) is 66.2 Å². The molecule has 0 N–H and O–H groups in total. The van der Waals surface area contributed by atoms with E-state index in [9.17, 15) is 9.59 Å². The first kappa shape index (κ1) is 24.1. The van der Waals surface area contributed by atoms with E-state index in [1.807, 2.05) is 65.0 Å². The van der Waals surface area contributed by atoms with Gasteiger partial charge in [0.05, 0.1) is 41.6 Å². The van der Waals surface area contributed by atoms with Crippen LogP contribution in [-0.2, 0) is 0 Å². The van der Waals surface area contributed by atoms with Gasteiger partial charge in [-0.15, -0.1) is 11.3 Å². The van der Waals surface area contributed by atoms with Crippen molar-refractivity contribution in [1.82, 2.24) is 4.98 Å². The molecule has 8 nitrogen and oxygen atoms in total. The second-order valence-corrected chi connectivity index (χ2v) is 10.2. The molecule has 2 aromatic heterocycles. The third kappa shape index (κ3) is 3.99. The van der Waals surface area contributed by atoms with Crippen LogP contribution in [0.1, 0.15) is 44.5 Å². The van der Waals surface area contributed by atoms with Gasteiger partial charge in [0.2, 0.25) is 5.13 Å². The van der Waals surface area contributed by atoms with Crippen molar-refractivity contribution in [2.45, 2.75) is 12.5 Å². The summed E-state index contributed by atoms with van der Waals surface area (Å²) in [5.74, 6) is 0.942. The average Bonchev–Trinajstić information content (AvgIpc) is 3.80. The van der Waals surface area contributed by atoms with Crippen molar-refractivity contribution in [2.75, 3.05) is 17.0 Å². The zero-order valence-corrected chi connectivity index (χ0v) is 22.2. The highest BCUT2D eigenvalue weighted by atomic mass is 32.1. The zero-order chi connectivity index (χ0) is 27.2. The molecule has 0 spiro atoms. The second kappa shape index (κ2) is 9.62. The average molecular weight is 547 g/mol. The summed E-state index contributed by atoms with van der Waals surface area (Å²) in [6, 6.07) is 25.7. The van der Waals surface area contributed by atoms with Gasteiger partial charge < -0.3 is 9.15 Å². The number of anilines is 2. The number of imide groups is 1. The molecule has 2 aliphatic heterocycles.